The topological polar surface area (TPSA) is 72.2 Å². The van der Waals surface area contributed by atoms with Gasteiger partial charge in [0.05, 0.1) is 5.56 Å². The quantitative estimate of drug-likeness (QED) is 0.272. The average molecular weight is 479 g/mol. The van der Waals surface area contributed by atoms with Crippen LogP contribution in [0.5, 0.6) is 0 Å². The molecule has 5 aromatic rings. The first-order valence-corrected chi connectivity index (χ1v) is 11.6. The van der Waals surface area contributed by atoms with Crippen molar-refractivity contribution in [3.63, 3.8) is 0 Å². The van der Waals surface area contributed by atoms with Crippen LogP contribution >= 0.6 is 0 Å². The number of nitrogens with zero attached hydrogens (tertiary/aromatic N) is 1. The summed E-state index contributed by atoms with van der Waals surface area (Å²) in [6.45, 7) is 0. The standard InChI is InChI=1S/C30H23FN2O3/c1-32-30(35)28-25-17-22(10-14-27(25)36-29(28)20-8-11-24(31)12-9-20)21-5-2-6-23(16-21)26(34)13-7-19-4-3-15-33-18-19/h2-6,8-12,14-18H,7,13H2,1H3,(H,32,35). The lowest BCUT2D eigenvalue weighted by Crippen LogP contribution is -2.18. The predicted molar refractivity (Wildman–Crippen MR) is 137 cm³/mol. The first-order valence-electron chi connectivity index (χ1n) is 11.6. The number of Topliss-reactive ketones (excluding diaryl/α,β-unsaturated/α-hetero) is 1. The molecule has 3 aromatic carbocycles. The fraction of sp³-hybridized carbons (Fsp3) is 0.100. The highest BCUT2D eigenvalue weighted by Gasteiger charge is 2.22. The van der Waals surface area contributed by atoms with Gasteiger partial charge in [0, 0.05) is 42.4 Å². The number of rotatable bonds is 7. The van der Waals surface area contributed by atoms with Crippen molar-refractivity contribution in [1.82, 2.24) is 10.3 Å². The van der Waals surface area contributed by atoms with Gasteiger partial charge in [0.1, 0.15) is 17.2 Å². The number of hydrogen-bond donors (Lipinski definition) is 1. The van der Waals surface area contributed by atoms with Gasteiger partial charge in [-0.25, -0.2) is 4.39 Å². The number of fused-ring (bicyclic) bond motifs is 1. The molecule has 0 saturated heterocycles. The number of pyridine rings is 1. The molecule has 0 aliphatic rings. The van der Waals surface area contributed by atoms with E-state index in [1.807, 2.05) is 48.5 Å². The Morgan fingerprint density at radius 2 is 1.69 bits per heavy atom. The Balaban J connectivity index is 1.50. The predicted octanol–water partition coefficient (Wildman–Crippen LogP) is 6.48. The van der Waals surface area contributed by atoms with Crippen LogP contribution in [0.2, 0.25) is 0 Å². The minimum Gasteiger partial charge on any atom is -0.455 e. The average Bonchev–Trinajstić information content (AvgIpc) is 3.31. The second-order valence-corrected chi connectivity index (χ2v) is 8.47. The lowest BCUT2D eigenvalue weighted by Gasteiger charge is -2.07. The maximum absolute atomic E-state index is 13.5. The highest BCUT2D eigenvalue weighted by atomic mass is 19.1. The number of carbonyl (C=O) groups excluding carboxylic acids is 2. The van der Waals surface area contributed by atoms with Crippen LogP contribution in [0.25, 0.3) is 33.4 Å². The summed E-state index contributed by atoms with van der Waals surface area (Å²) >= 11 is 0. The molecule has 0 saturated carbocycles. The number of furan rings is 1. The van der Waals surface area contributed by atoms with E-state index in [-0.39, 0.29) is 17.5 Å². The maximum atomic E-state index is 13.5. The van der Waals surface area contributed by atoms with Crippen LogP contribution in [0.1, 0.15) is 32.7 Å². The van der Waals surface area contributed by atoms with Gasteiger partial charge in [-0.1, -0.05) is 30.3 Å². The molecule has 178 valence electrons. The molecule has 36 heavy (non-hydrogen) atoms. The van der Waals surface area contributed by atoms with Crippen molar-refractivity contribution in [3.05, 3.63) is 114 Å². The van der Waals surface area contributed by atoms with Crippen LogP contribution < -0.4 is 5.32 Å². The van der Waals surface area contributed by atoms with Gasteiger partial charge in [0.2, 0.25) is 0 Å². The summed E-state index contributed by atoms with van der Waals surface area (Å²) in [5.41, 5.74) is 4.88. The Hall–Kier alpha value is -4.58. The van der Waals surface area contributed by atoms with Crippen LogP contribution in [0.4, 0.5) is 4.39 Å². The lowest BCUT2D eigenvalue weighted by molar-refractivity contribution is 0.0961. The Bertz CT molecular complexity index is 1560. The molecule has 5 nitrogen and oxygen atoms in total. The molecule has 0 aliphatic carbocycles. The molecule has 0 fully saturated rings. The molecule has 0 bridgehead atoms. The van der Waals surface area contributed by atoms with Crippen molar-refractivity contribution < 1.29 is 18.4 Å². The van der Waals surface area contributed by atoms with Crippen molar-refractivity contribution in [2.75, 3.05) is 7.05 Å². The molecule has 0 unspecified atom stereocenters. The van der Waals surface area contributed by atoms with Gasteiger partial charge in [-0.05, 0) is 71.6 Å². The molecule has 0 atom stereocenters. The SMILES string of the molecule is CNC(=O)c1c(-c2ccc(F)cc2)oc2ccc(-c3cccc(C(=O)CCc4cccnc4)c3)cc12. The molecule has 5 rings (SSSR count). The molecular formula is C30H23FN2O3. The van der Waals surface area contributed by atoms with Crippen LogP contribution in [0, 0.1) is 5.82 Å². The summed E-state index contributed by atoms with van der Waals surface area (Å²) < 4.78 is 19.5. The smallest absolute Gasteiger partial charge is 0.255 e. The summed E-state index contributed by atoms with van der Waals surface area (Å²) in [4.78, 5) is 29.8. The van der Waals surface area contributed by atoms with E-state index in [2.05, 4.69) is 10.3 Å². The zero-order valence-electron chi connectivity index (χ0n) is 19.6. The molecule has 2 heterocycles. The van der Waals surface area contributed by atoms with Gasteiger partial charge in [0.15, 0.2) is 5.78 Å². The van der Waals surface area contributed by atoms with Crippen LogP contribution in [-0.2, 0) is 6.42 Å². The van der Waals surface area contributed by atoms with E-state index >= 15 is 0 Å². The highest BCUT2D eigenvalue weighted by Crippen LogP contribution is 2.36. The van der Waals surface area contributed by atoms with Crippen LogP contribution in [0.3, 0.4) is 0 Å². The largest absolute Gasteiger partial charge is 0.455 e. The number of aromatic nitrogens is 1. The Kier molecular flexibility index (Phi) is 6.41. The van der Waals surface area contributed by atoms with Gasteiger partial charge in [-0.3, -0.25) is 14.6 Å². The zero-order chi connectivity index (χ0) is 25.1. The van der Waals surface area contributed by atoms with Crippen LogP contribution in [0.15, 0.2) is 95.7 Å². The third-order valence-corrected chi connectivity index (χ3v) is 6.13. The molecule has 0 aliphatic heterocycles. The Labute approximate surface area is 207 Å². The van der Waals surface area contributed by atoms with E-state index in [9.17, 15) is 14.0 Å². The van der Waals surface area contributed by atoms with Gasteiger partial charge in [-0.2, -0.15) is 0 Å². The number of halogens is 1. The second kappa shape index (κ2) is 9.96. The normalized spacial score (nSPS) is 10.9. The fourth-order valence-corrected chi connectivity index (χ4v) is 4.25. The Morgan fingerprint density at radius 1 is 0.917 bits per heavy atom. The van der Waals surface area contributed by atoms with Crippen molar-refractivity contribution in [3.8, 4) is 22.5 Å². The number of nitrogens with one attached hydrogen (secondary N) is 1. The number of amides is 1. The molecule has 0 spiro atoms. The number of hydrogen-bond acceptors (Lipinski definition) is 4. The minimum atomic E-state index is -0.367. The Morgan fingerprint density at radius 3 is 2.44 bits per heavy atom. The van der Waals surface area contributed by atoms with E-state index in [1.54, 1.807) is 37.6 Å². The summed E-state index contributed by atoms with van der Waals surface area (Å²) in [7, 11) is 1.56. The first kappa shape index (κ1) is 23.2. The molecule has 2 aromatic heterocycles. The molecule has 1 amide bonds. The summed E-state index contributed by atoms with van der Waals surface area (Å²) in [6, 6.07) is 22.7. The van der Waals surface area contributed by atoms with Crippen molar-refractivity contribution >= 4 is 22.7 Å². The number of carbonyl (C=O) groups is 2. The number of aryl methyl sites for hydroxylation is 1. The maximum Gasteiger partial charge on any atom is 0.255 e. The van der Waals surface area contributed by atoms with E-state index in [4.69, 9.17) is 4.42 Å². The van der Waals surface area contributed by atoms with Crippen LogP contribution in [-0.4, -0.2) is 23.7 Å². The lowest BCUT2D eigenvalue weighted by atomic mass is 9.97. The number of benzene rings is 3. The van der Waals surface area contributed by atoms with E-state index in [1.165, 1.54) is 12.1 Å². The monoisotopic (exact) mass is 478 g/mol. The van der Waals surface area contributed by atoms with Gasteiger partial charge in [-0.15, -0.1) is 0 Å². The molecule has 6 heteroatoms. The number of ketones is 1. The highest BCUT2D eigenvalue weighted by molar-refractivity contribution is 6.11. The van der Waals surface area contributed by atoms with Crippen molar-refractivity contribution in [1.29, 1.82) is 0 Å². The van der Waals surface area contributed by atoms with E-state index in [0.29, 0.717) is 46.3 Å². The fourth-order valence-electron chi connectivity index (χ4n) is 4.25. The van der Waals surface area contributed by atoms with Gasteiger partial charge in [0.25, 0.3) is 5.91 Å². The second-order valence-electron chi connectivity index (χ2n) is 8.47. The first-order chi connectivity index (χ1) is 17.5. The van der Waals surface area contributed by atoms with Gasteiger partial charge >= 0.3 is 0 Å². The van der Waals surface area contributed by atoms with E-state index < -0.39 is 0 Å². The van der Waals surface area contributed by atoms with E-state index in [0.717, 1.165) is 16.7 Å². The molecular weight excluding hydrogens is 455 g/mol. The van der Waals surface area contributed by atoms with Crippen molar-refractivity contribution in [2.24, 2.45) is 0 Å². The third kappa shape index (κ3) is 4.66. The summed E-state index contributed by atoms with van der Waals surface area (Å²) in [5.74, 6) is -0.242. The summed E-state index contributed by atoms with van der Waals surface area (Å²) in [5, 5.41) is 3.31. The summed E-state index contributed by atoms with van der Waals surface area (Å²) in [6.07, 6.45) is 4.50. The minimum absolute atomic E-state index is 0.0507. The molecule has 1 N–H and O–H groups in total. The van der Waals surface area contributed by atoms with Gasteiger partial charge < -0.3 is 9.73 Å². The zero-order valence-corrected chi connectivity index (χ0v) is 19.6. The van der Waals surface area contributed by atoms with Crippen molar-refractivity contribution in [2.45, 2.75) is 12.8 Å². The molecule has 0 radical (unpaired) electrons. The third-order valence-electron chi connectivity index (χ3n) is 6.13.